The number of carbonyl (C=O) groups is 3. The Balaban J connectivity index is 0.000000647. The van der Waals surface area contributed by atoms with Crippen LogP contribution in [0.15, 0.2) is 18.2 Å². The summed E-state index contributed by atoms with van der Waals surface area (Å²) in [5.74, 6) is -1.01. The van der Waals surface area contributed by atoms with Gasteiger partial charge in [-0.1, -0.05) is 17.7 Å². The molecule has 2 unspecified atom stereocenters. The number of carbonyl (C=O) groups excluding carboxylic acids is 5. The standard InChI is InChI=1S/C14H12ClNO4S.CO2/c1-2-16-12(18)11(21-13(16)19)14(20)9-6-8(15)4-3-7(9)5-10(14)17;2-1-3/h3-4,6,11,20H,2,5H2,1H3;. The summed E-state index contributed by atoms with van der Waals surface area (Å²) >= 11 is 6.63. The molecule has 126 valence electrons. The van der Waals surface area contributed by atoms with Crippen LogP contribution in [-0.2, 0) is 31.2 Å². The summed E-state index contributed by atoms with van der Waals surface area (Å²) in [4.78, 5) is 53.8. The van der Waals surface area contributed by atoms with Crippen LogP contribution in [-0.4, -0.2) is 44.9 Å². The first kappa shape index (κ1) is 18.4. The maximum Gasteiger partial charge on any atom is 0.373 e. The predicted molar refractivity (Wildman–Crippen MR) is 83.2 cm³/mol. The molecule has 1 N–H and O–H groups in total. The zero-order chi connectivity index (χ0) is 18.1. The van der Waals surface area contributed by atoms with Crippen molar-refractivity contribution in [2.24, 2.45) is 0 Å². The van der Waals surface area contributed by atoms with Gasteiger partial charge in [0.25, 0.3) is 5.24 Å². The first-order valence-corrected chi connectivity index (χ1v) is 8.12. The lowest BCUT2D eigenvalue weighted by Crippen LogP contribution is -2.47. The zero-order valence-electron chi connectivity index (χ0n) is 12.4. The Bertz CT molecular complexity index is 760. The van der Waals surface area contributed by atoms with E-state index in [0.717, 1.165) is 4.90 Å². The third-order valence-corrected chi connectivity index (χ3v) is 5.32. The number of thioether (sulfide) groups is 1. The summed E-state index contributed by atoms with van der Waals surface area (Å²) in [6.07, 6.45) is 0.285. The normalized spacial score (nSPS) is 25.2. The fourth-order valence-corrected chi connectivity index (χ4v) is 4.18. The maximum atomic E-state index is 12.3. The van der Waals surface area contributed by atoms with Crippen molar-refractivity contribution in [1.29, 1.82) is 0 Å². The van der Waals surface area contributed by atoms with E-state index in [0.29, 0.717) is 27.9 Å². The van der Waals surface area contributed by atoms with Crippen molar-refractivity contribution in [3.05, 3.63) is 34.3 Å². The number of fused-ring (bicyclic) bond motifs is 1. The quantitative estimate of drug-likeness (QED) is 0.832. The number of hydrogen-bond acceptors (Lipinski definition) is 7. The van der Waals surface area contributed by atoms with Gasteiger partial charge in [0.05, 0.1) is 0 Å². The molecular weight excluding hydrogens is 358 g/mol. The average Bonchev–Trinajstić information content (AvgIpc) is 2.96. The molecule has 7 nitrogen and oxygen atoms in total. The van der Waals surface area contributed by atoms with Crippen molar-refractivity contribution in [2.45, 2.75) is 24.2 Å². The second-order valence-corrected chi connectivity index (χ2v) is 6.59. The number of amides is 2. The van der Waals surface area contributed by atoms with Crippen LogP contribution in [0.25, 0.3) is 0 Å². The van der Waals surface area contributed by atoms with Gasteiger partial charge in [0.15, 0.2) is 11.4 Å². The number of benzene rings is 1. The van der Waals surface area contributed by atoms with Gasteiger partial charge < -0.3 is 5.11 Å². The largest absolute Gasteiger partial charge is 0.376 e. The van der Waals surface area contributed by atoms with E-state index >= 15 is 0 Å². The maximum absolute atomic E-state index is 12.3. The topological polar surface area (TPSA) is 109 Å². The van der Waals surface area contributed by atoms with Gasteiger partial charge in [-0.2, -0.15) is 9.59 Å². The Labute approximate surface area is 145 Å². The molecule has 1 heterocycles. The summed E-state index contributed by atoms with van der Waals surface area (Å²) in [6, 6.07) is 4.79. The molecule has 2 atom stereocenters. The van der Waals surface area contributed by atoms with E-state index in [2.05, 4.69) is 0 Å². The molecule has 1 aromatic rings. The van der Waals surface area contributed by atoms with E-state index in [-0.39, 0.29) is 19.1 Å². The zero-order valence-corrected chi connectivity index (χ0v) is 14.0. The molecule has 3 rings (SSSR count). The van der Waals surface area contributed by atoms with Gasteiger partial charge in [0, 0.05) is 18.0 Å². The molecule has 24 heavy (non-hydrogen) atoms. The van der Waals surface area contributed by atoms with Crippen LogP contribution < -0.4 is 0 Å². The van der Waals surface area contributed by atoms with Crippen molar-refractivity contribution in [1.82, 2.24) is 4.90 Å². The summed E-state index contributed by atoms with van der Waals surface area (Å²) < 4.78 is 0. The van der Waals surface area contributed by atoms with E-state index in [1.54, 1.807) is 19.1 Å². The van der Waals surface area contributed by atoms with Gasteiger partial charge in [0.2, 0.25) is 5.91 Å². The molecule has 0 saturated carbocycles. The summed E-state index contributed by atoms with van der Waals surface area (Å²) in [5, 5.41) is 9.70. The Morgan fingerprint density at radius 3 is 2.54 bits per heavy atom. The fraction of sp³-hybridized carbons (Fsp3) is 0.333. The lowest BCUT2D eigenvalue weighted by atomic mass is 9.90. The molecule has 1 saturated heterocycles. The monoisotopic (exact) mass is 369 g/mol. The molecule has 0 spiro atoms. The number of aliphatic hydroxyl groups is 1. The van der Waals surface area contributed by atoms with Crippen LogP contribution >= 0.6 is 23.4 Å². The van der Waals surface area contributed by atoms with E-state index in [1.165, 1.54) is 6.07 Å². The number of nitrogens with zero attached hydrogens (tertiary/aromatic N) is 1. The summed E-state index contributed by atoms with van der Waals surface area (Å²) in [6.45, 7) is 1.89. The third-order valence-electron chi connectivity index (χ3n) is 3.88. The molecule has 0 aromatic heterocycles. The molecule has 1 aliphatic heterocycles. The lowest BCUT2D eigenvalue weighted by Gasteiger charge is -2.26. The highest BCUT2D eigenvalue weighted by atomic mass is 35.5. The minimum Gasteiger partial charge on any atom is -0.376 e. The van der Waals surface area contributed by atoms with Crippen molar-refractivity contribution in [3.63, 3.8) is 0 Å². The molecule has 2 amide bonds. The Morgan fingerprint density at radius 2 is 2.00 bits per heavy atom. The second kappa shape index (κ2) is 6.86. The third kappa shape index (κ3) is 2.78. The number of Topliss-reactive ketones (excluding diaryl/α,β-unsaturated/α-hetero) is 1. The smallest absolute Gasteiger partial charge is 0.373 e. The average molecular weight is 370 g/mol. The first-order valence-electron chi connectivity index (χ1n) is 6.87. The van der Waals surface area contributed by atoms with Crippen LogP contribution in [0.3, 0.4) is 0 Å². The number of rotatable bonds is 2. The number of hydrogen-bond donors (Lipinski definition) is 1. The molecule has 1 fully saturated rings. The van der Waals surface area contributed by atoms with Crippen LogP contribution in [0.4, 0.5) is 4.79 Å². The van der Waals surface area contributed by atoms with Crippen molar-refractivity contribution in [3.8, 4) is 0 Å². The van der Waals surface area contributed by atoms with Crippen LogP contribution in [0, 0.1) is 0 Å². The highest BCUT2D eigenvalue weighted by molar-refractivity contribution is 8.15. The fourth-order valence-electron chi connectivity index (χ4n) is 2.80. The predicted octanol–water partition coefficient (Wildman–Crippen LogP) is 1.15. The Morgan fingerprint density at radius 1 is 1.38 bits per heavy atom. The highest BCUT2D eigenvalue weighted by Gasteiger charge is 2.58. The van der Waals surface area contributed by atoms with Crippen LogP contribution in [0.1, 0.15) is 18.1 Å². The molecule has 1 aromatic carbocycles. The first-order chi connectivity index (χ1) is 11.3. The van der Waals surface area contributed by atoms with Crippen LogP contribution in [0.5, 0.6) is 0 Å². The molecule has 0 radical (unpaired) electrons. The Kier molecular flexibility index (Phi) is 5.25. The van der Waals surface area contributed by atoms with E-state index in [4.69, 9.17) is 21.2 Å². The number of imide groups is 1. The van der Waals surface area contributed by atoms with Crippen molar-refractivity contribution < 1.29 is 29.1 Å². The van der Waals surface area contributed by atoms with E-state index < -0.39 is 27.8 Å². The minimum atomic E-state index is -1.98. The molecular formula is C15H12ClNO6S. The lowest BCUT2D eigenvalue weighted by molar-refractivity contribution is -0.191. The Hall–Kier alpha value is -1.99. The molecule has 9 heteroatoms. The van der Waals surface area contributed by atoms with Gasteiger partial charge in [0.1, 0.15) is 5.25 Å². The highest BCUT2D eigenvalue weighted by Crippen LogP contribution is 2.46. The minimum absolute atomic E-state index is 0.0354. The van der Waals surface area contributed by atoms with Crippen LogP contribution in [0.2, 0.25) is 5.02 Å². The molecule has 1 aliphatic carbocycles. The number of ketones is 1. The van der Waals surface area contributed by atoms with Gasteiger partial charge in [-0.15, -0.1) is 0 Å². The molecule has 0 bridgehead atoms. The SMILES string of the molecule is CCN1C(=O)SC(C2(O)C(=O)Cc3ccc(Cl)cc32)C1=O.O=C=O. The van der Waals surface area contributed by atoms with Gasteiger partial charge in [-0.25, -0.2) is 0 Å². The van der Waals surface area contributed by atoms with Gasteiger partial charge in [-0.3, -0.25) is 19.3 Å². The number of halogens is 1. The summed E-state index contributed by atoms with van der Waals surface area (Å²) in [7, 11) is 0. The van der Waals surface area contributed by atoms with Crippen molar-refractivity contribution in [2.75, 3.05) is 6.54 Å². The summed E-state index contributed by atoms with van der Waals surface area (Å²) in [5.41, 5.74) is -1.01. The second-order valence-electron chi connectivity index (χ2n) is 5.10. The van der Waals surface area contributed by atoms with Gasteiger partial charge in [-0.05, 0) is 41.9 Å². The van der Waals surface area contributed by atoms with E-state index in [9.17, 15) is 19.5 Å². The van der Waals surface area contributed by atoms with E-state index in [1.807, 2.05) is 0 Å². The van der Waals surface area contributed by atoms with Gasteiger partial charge >= 0.3 is 6.15 Å². The molecule has 2 aliphatic rings. The van der Waals surface area contributed by atoms with Crippen molar-refractivity contribution >= 4 is 46.4 Å².